The Labute approximate surface area is 168 Å². The molecule has 0 bridgehead atoms. The smallest absolute Gasteiger partial charge is 0.420 e. The molecule has 0 spiro atoms. The van der Waals surface area contributed by atoms with Gasteiger partial charge in [0.05, 0.1) is 11.4 Å². The third-order valence-corrected chi connectivity index (χ3v) is 3.88. The molecule has 4 nitrogen and oxygen atoms in total. The maximum atomic E-state index is 14.2. The van der Waals surface area contributed by atoms with Crippen molar-refractivity contribution in [2.24, 2.45) is 0 Å². The van der Waals surface area contributed by atoms with Crippen molar-refractivity contribution in [3.63, 3.8) is 0 Å². The van der Waals surface area contributed by atoms with Gasteiger partial charge < -0.3 is 20.9 Å². The third kappa shape index (κ3) is 4.57. The molecule has 3 aromatic carbocycles. The van der Waals surface area contributed by atoms with Crippen LogP contribution >= 0.6 is 0 Å². The maximum Gasteiger partial charge on any atom is 0.420 e. The topological polar surface area (TPSA) is 70.5 Å². The Morgan fingerprint density at radius 2 is 0.903 bits per heavy atom. The van der Waals surface area contributed by atoms with Crippen molar-refractivity contribution in [2.75, 3.05) is 11.5 Å². The normalized spacial score (nSPS) is 11.5. The summed E-state index contributed by atoms with van der Waals surface area (Å²) in [6.07, 6.45) is -5.16. The van der Waals surface area contributed by atoms with E-state index in [1.54, 1.807) is 0 Å². The largest absolute Gasteiger partial charge is 0.453 e. The monoisotopic (exact) mass is 450 g/mol. The number of nitrogen functional groups attached to an aromatic ring is 2. The second kappa shape index (κ2) is 7.85. The molecule has 3 rings (SSSR count). The highest BCUT2D eigenvalue weighted by atomic mass is 19.4. The molecule has 164 valence electrons. The quantitative estimate of drug-likeness (QED) is 0.370. The summed E-state index contributed by atoms with van der Waals surface area (Å²) >= 11 is 0. The van der Waals surface area contributed by atoms with Crippen LogP contribution in [0.1, 0.15) is 5.56 Å². The van der Waals surface area contributed by atoms with Crippen LogP contribution in [0.3, 0.4) is 0 Å². The SMILES string of the molecule is Nc1cc(Oc2cc(Oc3cc(N)c(F)cc3F)c(C(F)(F)F)cc2F)c(F)cc1F. The van der Waals surface area contributed by atoms with Crippen LogP contribution in [0, 0.1) is 29.1 Å². The number of hydrogen-bond donors (Lipinski definition) is 2. The van der Waals surface area contributed by atoms with E-state index in [9.17, 15) is 35.1 Å². The summed E-state index contributed by atoms with van der Waals surface area (Å²) in [4.78, 5) is 0. The molecule has 0 fully saturated rings. The number of alkyl halides is 3. The van der Waals surface area contributed by atoms with Gasteiger partial charge in [-0.05, 0) is 6.07 Å². The zero-order valence-corrected chi connectivity index (χ0v) is 15.0. The van der Waals surface area contributed by atoms with Crippen molar-refractivity contribution in [3.05, 3.63) is 71.0 Å². The molecule has 0 aromatic heterocycles. The molecule has 0 saturated heterocycles. The molecule has 0 aliphatic rings. The Bertz CT molecular complexity index is 1160. The summed E-state index contributed by atoms with van der Waals surface area (Å²) in [5.74, 6) is -10.5. The van der Waals surface area contributed by atoms with Crippen LogP contribution < -0.4 is 20.9 Å². The number of halogens is 8. The predicted octanol–water partition coefficient (Wildman–Crippen LogP) is 6.15. The van der Waals surface area contributed by atoms with E-state index in [0.29, 0.717) is 24.3 Å². The van der Waals surface area contributed by atoms with Gasteiger partial charge >= 0.3 is 6.18 Å². The van der Waals surface area contributed by atoms with Crippen molar-refractivity contribution < 1.29 is 44.6 Å². The van der Waals surface area contributed by atoms with Crippen LogP contribution in [0.4, 0.5) is 46.5 Å². The molecule has 0 aliphatic carbocycles. The molecule has 3 aromatic rings. The van der Waals surface area contributed by atoms with Crippen molar-refractivity contribution in [1.29, 1.82) is 0 Å². The molecule has 0 aliphatic heterocycles. The van der Waals surface area contributed by atoms with Gasteiger partial charge in [0.25, 0.3) is 0 Å². The first kappa shape index (κ1) is 22.0. The van der Waals surface area contributed by atoms with Gasteiger partial charge in [-0.15, -0.1) is 0 Å². The maximum absolute atomic E-state index is 14.2. The van der Waals surface area contributed by atoms with Crippen LogP contribution in [-0.2, 0) is 6.18 Å². The van der Waals surface area contributed by atoms with Crippen LogP contribution in [0.25, 0.3) is 0 Å². The Balaban J connectivity index is 2.10. The summed E-state index contributed by atoms with van der Waals surface area (Å²) in [5.41, 5.74) is 7.62. The van der Waals surface area contributed by atoms with Gasteiger partial charge in [-0.25, -0.2) is 22.0 Å². The fourth-order valence-electron chi connectivity index (χ4n) is 2.40. The highest BCUT2D eigenvalue weighted by molar-refractivity contribution is 5.52. The van der Waals surface area contributed by atoms with Gasteiger partial charge in [-0.1, -0.05) is 0 Å². The lowest BCUT2D eigenvalue weighted by Crippen LogP contribution is -2.09. The van der Waals surface area contributed by atoms with Gasteiger partial charge in [-0.3, -0.25) is 0 Å². The molecule has 4 N–H and O–H groups in total. The highest BCUT2D eigenvalue weighted by Gasteiger charge is 2.36. The molecule has 0 amide bonds. The van der Waals surface area contributed by atoms with Gasteiger partial charge in [0.2, 0.25) is 0 Å². The van der Waals surface area contributed by atoms with Crippen molar-refractivity contribution >= 4 is 11.4 Å². The van der Waals surface area contributed by atoms with Gasteiger partial charge in [-0.2, -0.15) is 13.2 Å². The Kier molecular flexibility index (Phi) is 5.57. The zero-order valence-electron chi connectivity index (χ0n) is 15.0. The van der Waals surface area contributed by atoms with Gasteiger partial charge in [0, 0.05) is 30.3 Å². The first-order valence-electron chi connectivity index (χ1n) is 8.12. The van der Waals surface area contributed by atoms with E-state index in [1.807, 2.05) is 0 Å². The summed E-state index contributed by atoms with van der Waals surface area (Å²) in [7, 11) is 0. The summed E-state index contributed by atoms with van der Waals surface area (Å²) in [6.45, 7) is 0. The lowest BCUT2D eigenvalue weighted by atomic mass is 10.1. The molecule has 0 unspecified atom stereocenters. The highest BCUT2D eigenvalue weighted by Crippen LogP contribution is 2.43. The number of hydrogen-bond acceptors (Lipinski definition) is 4. The van der Waals surface area contributed by atoms with Crippen LogP contribution in [0.2, 0.25) is 0 Å². The average Bonchev–Trinajstić information content (AvgIpc) is 2.65. The average molecular weight is 450 g/mol. The van der Waals surface area contributed by atoms with E-state index < -0.39 is 75.2 Å². The van der Waals surface area contributed by atoms with E-state index in [0.717, 1.165) is 0 Å². The van der Waals surface area contributed by atoms with Crippen LogP contribution in [0.5, 0.6) is 23.0 Å². The van der Waals surface area contributed by atoms with Crippen molar-refractivity contribution in [1.82, 2.24) is 0 Å². The molecule has 31 heavy (non-hydrogen) atoms. The van der Waals surface area contributed by atoms with E-state index in [1.165, 1.54) is 0 Å². The fourth-order valence-corrected chi connectivity index (χ4v) is 2.40. The molecular formula is C19H10F8N2O2. The van der Waals surface area contributed by atoms with Crippen molar-refractivity contribution in [3.8, 4) is 23.0 Å². The standard InChI is InChI=1S/C19H10F8N2O2/c20-8-2-11(23)16(4-13(8)28)30-15-6-18(10(22)1-7(15)19(25,26)27)31-17-5-14(29)9(21)3-12(17)24/h1-6H,28-29H2. The first-order chi connectivity index (χ1) is 14.4. The van der Waals surface area contributed by atoms with Gasteiger partial charge in [0.1, 0.15) is 22.9 Å². The summed E-state index contributed by atoms with van der Waals surface area (Å²) < 4.78 is 118. The molecule has 12 heteroatoms. The Morgan fingerprint density at radius 3 is 1.35 bits per heavy atom. The minimum absolute atomic E-state index is 0.0414. The molecule has 0 saturated carbocycles. The molecular weight excluding hydrogens is 440 g/mol. The molecule has 0 atom stereocenters. The zero-order chi connectivity index (χ0) is 23.1. The fraction of sp³-hybridized carbons (Fsp3) is 0.0526. The second-order valence-electron chi connectivity index (χ2n) is 6.09. The number of anilines is 2. The van der Waals surface area contributed by atoms with E-state index >= 15 is 0 Å². The molecule has 0 radical (unpaired) electrons. The van der Waals surface area contributed by atoms with E-state index in [2.05, 4.69) is 0 Å². The minimum Gasteiger partial charge on any atom is -0.453 e. The lowest BCUT2D eigenvalue weighted by molar-refractivity contribution is -0.138. The number of nitrogens with two attached hydrogens (primary N) is 2. The third-order valence-electron chi connectivity index (χ3n) is 3.88. The van der Waals surface area contributed by atoms with E-state index in [-0.39, 0.29) is 12.1 Å². The summed E-state index contributed by atoms with van der Waals surface area (Å²) in [5, 5.41) is 0. The molecule has 0 heterocycles. The number of rotatable bonds is 4. The lowest BCUT2D eigenvalue weighted by Gasteiger charge is -2.17. The van der Waals surface area contributed by atoms with Crippen molar-refractivity contribution in [2.45, 2.75) is 6.18 Å². The second-order valence-corrected chi connectivity index (χ2v) is 6.09. The van der Waals surface area contributed by atoms with Gasteiger partial charge in [0.15, 0.2) is 34.7 Å². The van der Waals surface area contributed by atoms with E-state index in [4.69, 9.17) is 20.9 Å². The number of ether oxygens (including phenoxy) is 2. The van der Waals surface area contributed by atoms with Crippen LogP contribution in [-0.4, -0.2) is 0 Å². The first-order valence-corrected chi connectivity index (χ1v) is 8.12. The Hall–Kier alpha value is -3.70. The van der Waals surface area contributed by atoms with Crippen LogP contribution in [0.15, 0.2) is 36.4 Å². The summed E-state index contributed by atoms with van der Waals surface area (Å²) in [6, 6.07) is 2.13. The number of benzene rings is 3. The predicted molar refractivity (Wildman–Crippen MR) is 93.1 cm³/mol. The Morgan fingerprint density at radius 1 is 0.516 bits per heavy atom. The minimum atomic E-state index is -5.16.